The summed E-state index contributed by atoms with van der Waals surface area (Å²) in [5.41, 5.74) is 0.688. The quantitative estimate of drug-likeness (QED) is 0.773. The lowest BCUT2D eigenvalue weighted by Gasteiger charge is -2.16. The van der Waals surface area contributed by atoms with Gasteiger partial charge in [0, 0.05) is 6.07 Å². The Kier molecular flexibility index (Phi) is 4.37. The van der Waals surface area contributed by atoms with Crippen LogP contribution < -0.4 is 10.9 Å². The van der Waals surface area contributed by atoms with Crippen molar-refractivity contribution in [3.63, 3.8) is 0 Å². The highest BCUT2D eigenvalue weighted by atomic mass is 19.1. The number of carbonyl (C=O) groups excluding carboxylic acids is 1. The van der Waals surface area contributed by atoms with Gasteiger partial charge in [0.25, 0.3) is 5.56 Å². The van der Waals surface area contributed by atoms with E-state index in [1.165, 1.54) is 12.4 Å². The van der Waals surface area contributed by atoms with Crippen molar-refractivity contribution < 1.29 is 9.18 Å². The van der Waals surface area contributed by atoms with Gasteiger partial charge in [0.05, 0.1) is 28.8 Å². The standard InChI is InChI=1S/C18H16FN3O2/c1-2-12(11-6-4-3-5-7-11)18(24)22-16-8-13-15(9-14(16)19)20-10-21-17(13)23/h3-10,12H,2H2,1H3,(H,22,24)(H,20,21,23)/t12-/m0/s1. The first-order valence-electron chi connectivity index (χ1n) is 7.63. The molecule has 24 heavy (non-hydrogen) atoms. The van der Waals surface area contributed by atoms with Gasteiger partial charge in [-0.15, -0.1) is 0 Å². The minimum Gasteiger partial charge on any atom is -0.323 e. The summed E-state index contributed by atoms with van der Waals surface area (Å²) in [6.07, 6.45) is 1.79. The predicted octanol–water partition coefficient (Wildman–Crippen LogP) is 3.19. The van der Waals surface area contributed by atoms with E-state index in [9.17, 15) is 14.0 Å². The summed E-state index contributed by atoms with van der Waals surface area (Å²) in [4.78, 5) is 30.7. The summed E-state index contributed by atoms with van der Waals surface area (Å²) in [6.45, 7) is 1.89. The molecule has 122 valence electrons. The molecule has 0 radical (unpaired) electrons. The Hall–Kier alpha value is -3.02. The summed E-state index contributed by atoms with van der Waals surface area (Å²) < 4.78 is 14.2. The molecule has 2 aromatic carbocycles. The van der Waals surface area contributed by atoms with Gasteiger partial charge in [-0.3, -0.25) is 9.59 Å². The monoisotopic (exact) mass is 325 g/mol. The average Bonchev–Trinajstić information content (AvgIpc) is 2.58. The van der Waals surface area contributed by atoms with E-state index in [1.807, 2.05) is 37.3 Å². The van der Waals surface area contributed by atoms with Crippen LogP contribution in [0, 0.1) is 5.82 Å². The van der Waals surface area contributed by atoms with Crippen molar-refractivity contribution in [2.75, 3.05) is 5.32 Å². The van der Waals surface area contributed by atoms with Gasteiger partial charge in [-0.2, -0.15) is 0 Å². The zero-order valence-corrected chi connectivity index (χ0v) is 13.0. The van der Waals surface area contributed by atoms with Gasteiger partial charge in [-0.1, -0.05) is 37.3 Å². The topological polar surface area (TPSA) is 74.8 Å². The number of halogens is 1. The number of hydrogen-bond donors (Lipinski definition) is 2. The lowest BCUT2D eigenvalue weighted by atomic mass is 9.95. The predicted molar refractivity (Wildman–Crippen MR) is 90.4 cm³/mol. The molecule has 2 N–H and O–H groups in total. The number of H-pyrrole nitrogens is 1. The molecule has 0 aliphatic heterocycles. The molecule has 0 saturated carbocycles. The normalized spacial score (nSPS) is 12.1. The van der Waals surface area contributed by atoms with Crippen LogP contribution in [0.4, 0.5) is 10.1 Å². The maximum atomic E-state index is 14.2. The first kappa shape index (κ1) is 15.9. The Morgan fingerprint density at radius 1 is 1.29 bits per heavy atom. The minimum absolute atomic E-state index is 0.0274. The second-order valence-electron chi connectivity index (χ2n) is 5.44. The molecule has 0 saturated heterocycles. The van der Waals surface area contributed by atoms with Crippen molar-refractivity contribution in [3.05, 3.63) is 70.5 Å². The number of aromatic nitrogens is 2. The molecule has 1 amide bonds. The molecule has 6 heteroatoms. The number of carbonyl (C=O) groups is 1. The first-order valence-corrected chi connectivity index (χ1v) is 7.63. The number of nitrogens with zero attached hydrogens (tertiary/aromatic N) is 1. The summed E-state index contributed by atoms with van der Waals surface area (Å²) in [5.74, 6) is -1.34. The maximum Gasteiger partial charge on any atom is 0.258 e. The fourth-order valence-electron chi connectivity index (χ4n) is 2.66. The van der Waals surface area contributed by atoms with Crippen LogP contribution >= 0.6 is 0 Å². The zero-order chi connectivity index (χ0) is 17.1. The van der Waals surface area contributed by atoms with E-state index >= 15 is 0 Å². The first-order chi connectivity index (χ1) is 11.6. The minimum atomic E-state index is -0.628. The number of fused-ring (bicyclic) bond motifs is 1. The summed E-state index contributed by atoms with van der Waals surface area (Å²) in [7, 11) is 0. The summed E-state index contributed by atoms with van der Waals surface area (Å²) in [6, 6.07) is 11.8. The Morgan fingerprint density at radius 3 is 2.75 bits per heavy atom. The van der Waals surface area contributed by atoms with Crippen molar-refractivity contribution in [2.45, 2.75) is 19.3 Å². The largest absolute Gasteiger partial charge is 0.323 e. The lowest BCUT2D eigenvalue weighted by Crippen LogP contribution is -2.21. The van der Waals surface area contributed by atoms with Gasteiger partial charge in [-0.25, -0.2) is 9.37 Å². The van der Waals surface area contributed by atoms with E-state index in [0.717, 1.165) is 11.6 Å². The summed E-state index contributed by atoms with van der Waals surface area (Å²) in [5, 5.41) is 2.81. The Bertz CT molecular complexity index is 938. The molecule has 3 rings (SSSR count). The molecule has 1 heterocycles. The van der Waals surface area contributed by atoms with E-state index < -0.39 is 11.7 Å². The Labute approximate surface area is 137 Å². The van der Waals surface area contributed by atoms with Crippen molar-refractivity contribution in [2.24, 2.45) is 0 Å². The Morgan fingerprint density at radius 2 is 2.04 bits per heavy atom. The van der Waals surface area contributed by atoms with Gasteiger partial charge in [0.1, 0.15) is 5.82 Å². The molecule has 0 spiro atoms. The molecule has 0 aliphatic rings. The van der Waals surface area contributed by atoms with Crippen LogP contribution in [-0.4, -0.2) is 15.9 Å². The van der Waals surface area contributed by atoms with E-state index in [2.05, 4.69) is 15.3 Å². The highest BCUT2D eigenvalue weighted by Crippen LogP contribution is 2.24. The van der Waals surface area contributed by atoms with Crippen LogP contribution in [0.25, 0.3) is 10.9 Å². The van der Waals surface area contributed by atoms with Crippen molar-refractivity contribution in [1.82, 2.24) is 9.97 Å². The molecule has 0 fully saturated rings. The SMILES string of the molecule is CC[C@H](C(=O)Nc1cc2c(=O)[nH]cnc2cc1F)c1ccccc1. The molecule has 0 aliphatic carbocycles. The molecule has 1 atom stereocenters. The van der Waals surface area contributed by atoms with Crippen LogP contribution in [0.2, 0.25) is 0 Å². The zero-order valence-electron chi connectivity index (χ0n) is 13.0. The van der Waals surface area contributed by atoms with Gasteiger partial charge in [0.2, 0.25) is 5.91 Å². The van der Waals surface area contributed by atoms with Gasteiger partial charge >= 0.3 is 0 Å². The van der Waals surface area contributed by atoms with Crippen molar-refractivity contribution in [3.8, 4) is 0 Å². The molecule has 1 aromatic heterocycles. The highest BCUT2D eigenvalue weighted by Gasteiger charge is 2.20. The van der Waals surface area contributed by atoms with Crippen molar-refractivity contribution >= 4 is 22.5 Å². The number of amides is 1. The smallest absolute Gasteiger partial charge is 0.258 e. The number of benzene rings is 2. The maximum absolute atomic E-state index is 14.2. The summed E-state index contributed by atoms with van der Waals surface area (Å²) >= 11 is 0. The molecule has 5 nitrogen and oxygen atoms in total. The molecule has 0 unspecified atom stereocenters. The van der Waals surface area contributed by atoms with E-state index in [4.69, 9.17) is 0 Å². The van der Waals surface area contributed by atoms with Crippen LogP contribution in [0.15, 0.2) is 53.6 Å². The average molecular weight is 325 g/mol. The number of rotatable bonds is 4. The molecule has 0 bridgehead atoms. The Balaban J connectivity index is 1.94. The van der Waals surface area contributed by atoms with Gasteiger partial charge in [-0.05, 0) is 18.1 Å². The second kappa shape index (κ2) is 6.62. The third kappa shape index (κ3) is 3.03. The number of hydrogen-bond acceptors (Lipinski definition) is 3. The third-order valence-electron chi connectivity index (χ3n) is 3.91. The number of anilines is 1. The second-order valence-corrected chi connectivity index (χ2v) is 5.44. The van der Waals surface area contributed by atoms with Gasteiger partial charge in [0.15, 0.2) is 0 Å². The van der Waals surface area contributed by atoms with Gasteiger partial charge < -0.3 is 10.3 Å². The number of aromatic amines is 1. The van der Waals surface area contributed by atoms with E-state index in [0.29, 0.717) is 6.42 Å². The fraction of sp³-hybridized carbons (Fsp3) is 0.167. The lowest BCUT2D eigenvalue weighted by molar-refractivity contribution is -0.117. The van der Waals surface area contributed by atoms with Crippen LogP contribution in [-0.2, 0) is 4.79 Å². The molecular weight excluding hydrogens is 309 g/mol. The fourth-order valence-corrected chi connectivity index (χ4v) is 2.66. The van der Waals surface area contributed by atoms with E-state index in [1.54, 1.807) is 0 Å². The van der Waals surface area contributed by atoms with Crippen molar-refractivity contribution in [1.29, 1.82) is 0 Å². The van der Waals surface area contributed by atoms with Crippen LogP contribution in [0.1, 0.15) is 24.8 Å². The van der Waals surface area contributed by atoms with Crippen LogP contribution in [0.5, 0.6) is 0 Å². The molecule has 3 aromatic rings. The third-order valence-corrected chi connectivity index (χ3v) is 3.91. The van der Waals surface area contributed by atoms with Crippen LogP contribution in [0.3, 0.4) is 0 Å². The van der Waals surface area contributed by atoms with E-state index in [-0.39, 0.29) is 28.1 Å². The number of nitrogens with one attached hydrogen (secondary N) is 2. The molecular formula is C18H16FN3O2. The highest BCUT2D eigenvalue weighted by molar-refractivity contribution is 5.97.